The summed E-state index contributed by atoms with van der Waals surface area (Å²) in [7, 11) is -3.21. The molecule has 0 amide bonds. The minimum Gasteiger partial charge on any atom is -0.366 e. The Morgan fingerprint density at radius 2 is 1.64 bits per heavy atom. The number of halogens is 2. The molecule has 1 aliphatic rings. The van der Waals surface area contributed by atoms with Gasteiger partial charge in [0.05, 0.1) is 23.8 Å². The Kier molecular flexibility index (Phi) is 5.06. The van der Waals surface area contributed by atoms with Gasteiger partial charge in [-0.05, 0) is 24.3 Å². The maximum atomic E-state index is 12.5. The van der Waals surface area contributed by atoms with Gasteiger partial charge in [0.2, 0.25) is 10.0 Å². The average molecular weight is 403 g/mol. The van der Waals surface area contributed by atoms with Crippen LogP contribution in [0, 0.1) is 0 Å². The van der Waals surface area contributed by atoms with E-state index in [2.05, 4.69) is 5.10 Å². The van der Waals surface area contributed by atoms with Crippen LogP contribution in [0.15, 0.2) is 35.3 Å². The predicted molar refractivity (Wildman–Crippen MR) is 98.5 cm³/mol. The molecule has 0 N–H and O–H groups in total. The molecule has 3 rings (SSSR count). The SMILES string of the molecule is CS(=O)(=O)N1CCN(c2cnn(-c3ccc(Cl)cc3)c(=O)c2Cl)CC1. The molecule has 2 heterocycles. The summed E-state index contributed by atoms with van der Waals surface area (Å²) in [6.45, 7) is 1.57. The number of nitrogens with zero attached hydrogens (tertiary/aromatic N) is 4. The van der Waals surface area contributed by atoms with Crippen LogP contribution in [0.5, 0.6) is 0 Å². The van der Waals surface area contributed by atoms with Crippen LogP contribution in [-0.2, 0) is 10.0 Å². The van der Waals surface area contributed by atoms with Gasteiger partial charge in [-0.2, -0.15) is 14.1 Å². The maximum Gasteiger partial charge on any atom is 0.292 e. The van der Waals surface area contributed by atoms with E-state index in [0.29, 0.717) is 42.6 Å². The van der Waals surface area contributed by atoms with Gasteiger partial charge in [-0.25, -0.2) is 8.42 Å². The second-order valence-electron chi connectivity index (χ2n) is 5.69. The highest BCUT2D eigenvalue weighted by atomic mass is 35.5. The van der Waals surface area contributed by atoms with E-state index in [1.807, 2.05) is 4.90 Å². The Morgan fingerprint density at radius 3 is 2.20 bits per heavy atom. The van der Waals surface area contributed by atoms with Gasteiger partial charge in [0, 0.05) is 31.2 Å². The molecule has 1 aromatic carbocycles. The van der Waals surface area contributed by atoms with E-state index in [-0.39, 0.29) is 5.02 Å². The van der Waals surface area contributed by atoms with Crippen molar-refractivity contribution in [3.8, 4) is 5.69 Å². The summed E-state index contributed by atoms with van der Waals surface area (Å²) in [6.07, 6.45) is 2.71. The van der Waals surface area contributed by atoms with E-state index >= 15 is 0 Å². The van der Waals surface area contributed by atoms with E-state index in [4.69, 9.17) is 23.2 Å². The van der Waals surface area contributed by atoms with Crippen LogP contribution in [0.3, 0.4) is 0 Å². The molecule has 134 valence electrons. The lowest BCUT2D eigenvalue weighted by Gasteiger charge is -2.34. The summed E-state index contributed by atoms with van der Waals surface area (Å²) < 4.78 is 25.8. The van der Waals surface area contributed by atoms with E-state index < -0.39 is 15.6 Å². The van der Waals surface area contributed by atoms with Crippen molar-refractivity contribution < 1.29 is 8.42 Å². The number of piperazine rings is 1. The minimum atomic E-state index is -3.21. The topological polar surface area (TPSA) is 75.5 Å². The van der Waals surface area contributed by atoms with Crippen molar-refractivity contribution in [2.45, 2.75) is 0 Å². The van der Waals surface area contributed by atoms with Gasteiger partial charge in [-0.1, -0.05) is 23.2 Å². The number of hydrogen-bond acceptors (Lipinski definition) is 5. The number of aromatic nitrogens is 2. The van der Waals surface area contributed by atoms with Gasteiger partial charge in [0.15, 0.2) is 0 Å². The Balaban J connectivity index is 1.87. The Labute approximate surface area is 155 Å². The molecule has 1 aliphatic heterocycles. The molecule has 1 saturated heterocycles. The Hall–Kier alpha value is -1.61. The number of rotatable bonds is 3. The first-order chi connectivity index (χ1) is 11.8. The fourth-order valence-corrected chi connectivity index (χ4v) is 3.87. The molecule has 0 bridgehead atoms. The van der Waals surface area contributed by atoms with Crippen LogP contribution >= 0.6 is 23.2 Å². The maximum absolute atomic E-state index is 12.5. The summed E-state index contributed by atoms with van der Waals surface area (Å²) in [6, 6.07) is 6.68. The average Bonchev–Trinajstić information content (AvgIpc) is 2.58. The van der Waals surface area contributed by atoms with Crippen molar-refractivity contribution >= 4 is 38.9 Å². The van der Waals surface area contributed by atoms with Crippen molar-refractivity contribution in [1.29, 1.82) is 0 Å². The van der Waals surface area contributed by atoms with Crippen LogP contribution < -0.4 is 10.5 Å². The smallest absolute Gasteiger partial charge is 0.292 e. The normalized spacial score (nSPS) is 16.2. The molecule has 2 aromatic rings. The van der Waals surface area contributed by atoms with E-state index in [0.717, 1.165) is 0 Å². The molecule has 0 atom stereocenters. The van der Waals surface area contributed by atoms with E-state index in [1.165, 1.54) is 21.4 Å². The number of anilines is 1. The first-order valence-corrected chi connectivity index (χ1v) is 10.1. The zero-order valence-corrected chi connectivity index (χ0v) is 15.7. The largest absolute Gasteiger partial charge is 0.366 e. The first-order valence-electron chi connectivity index (χ1n) is 7.51. The van der Waals surface area contributed by atoms with Crippen molar-refractivity contribution in [3.05, 3.63) is 50.9 Å². The van der Waals surface area contributed by atoms with Crippen LogP contribution in [0.25, 0.3) is 5.69 Å². The molecular formula is C15H16Cl2N4O3S. The van der Waals surface area contributed by atoms with Gasteiger partial charge >= 0.3 is 0 Å². The second-order valence-corrected chi connectivity index (χ2v) is 8.48. The van der Waals surface area contributed by atoms with Crippen LogP contribution in [0.1, 0.15) is 0 Å². The predicted octanol–water partition coefficient (Wildman–Crippen LogP) is 1.62. The van der Waals surface area contributed by atoms with Crippen LogP contribution in [-0.4, -0.2) is 54.9 Å². The summed E-state index contributed by atoms with van der Waals surface area (Å²) in [5, 5.41) is 4.80. The standard InChI is InChI=1S/C15H16Cl2N4O3S/c1-25(23,24)20-8-6-19(7-9-20)13-10-18-21(15(22)14(13)17)12-4-2-11(16)3-5-12/h2-5,10H,6-9H2,1H3. The van der Waals surface area contributed by atoms with Crippen LogP contribution in [0.4, 0.5) is 5.69 Å². The molecular weight excluding hydrogens is 387 g/mol. The monoisotopic (exact) mass is 402 g/mol. The number of hydrogen-bond donors (Lipinski definition) is 0. The van der Waals surface area contributed by atoms with Crippen molar-refractivity contribution in [3.63, 3.8) is 0 Å². The highest BCUT2D eigenvalue weighted by Gasteiger charge is 2.25. The lowest BCUT2D eigenvalue weighted by Crippen LogP contribution is -2.48. The molecule has 7 nitrogen and oxygen atoms in total. The summed E-state index contributed by atoms with van der Waals surface area (Å²) in [5.41, 5.74) is 0.627. The van der Waals surface area contributed by atoms with Gasteiger partial charge in [0.1, 0.15) is 5.02 Å². The lowest BCUT2D eigenvalue weighted by atomic mass is 10.3. The number of benzene rings is 1. The minimum absolute atomic E-state index is 0.0535. The Bertz CT molecular complexity index is 936. The second kappa shape index (κ2) is 6.95. The molecule has 25 heavy (non-hydrogen) atoms. The van der Waals surface area contributed by atoms with Crippen molar-refractivity contribution in [1.82, 2.24) is 14.1 Å². The quantitative estimate of drug-likeness (QED) is 0.779. The molecule has 0 saturated carbocycles. The van der Waals surface area contributed by atoms with Gasteiger partial charge < -0.3 is 4.90 Å². The summed E-state index contributed by atoms with van der Waals surface area (Å²) >= 11 is 12.1. The summed E-state index contributed by atoms with van der Waals surface area (Å²) in [5.74, 6) is 0. The van der Waals surface area contributed by atoms with E-state index in [1.54, 1.807) is 24.3 Å². The van der Waals surface area contributed by atoms with Crippen molar-refractivity contribution in [2.75, 3.05) is 37.3 Å². The molecule has 1 fully saturated rings. The third-order valence-electron chi connectivity index (χ3n) is 4.02. The number of sulfonamides is 1. The van der Waals surface area contributed by atoms with E-state index in [9.17, 15) is 13.2 Å². The lowest BCUT2D eigenvalue weighted by molar-refractivity contribution is 0.388. The fourth-order valence-electron chi connectivity index (χ4n) is 2.67. The van der Waals surface area contributed by atoms with Crippen LogP contribution in [0.2, 0.25) is 10.0 Å². The first kappa shape index (κ1) is 18.2. The third kappa shape index (κ3) is 3.82. The molecule has 0 aliphatic carbocycles. The zero-order valence-electron chi connectivity index (χ0n) is 13.4. The molecule has 1 aromatic heterocycles. The molecule has 10 heteroatoms. The van der Waals surface area contributed by atoms with Gasteiger partial charge in [-0.15, -0.1) is 0 Å². The third-order valence-corrected chi connectivity index (χ3v) is 5.93. The van der Waals surface area contributed by atoms with Gasteiger partial charge in [0.25, 0.3) is 5.56 Å². The molecule has 0 unspecified atom stereocenters. The van der Waals surface area contributed by atoms with Crippen molar-refractivity contribution in [2.24, 2.45) is 0 Å². The molecule has 0 spiro atoms. The zero-order chi connectivity index (χ0) is 18.2. The highest BCUT2D eigenvalue weighted by molar-refractivity contribution is 7.88. The van der Waals surface area contributed by atoms with Gasteiger partial charge in [-0.3, -0.25) is 4.79 Å². The fraction of sp³-hybridized carbons (Fsp3) is 0.333. The summed E-state index contributed by atoms with van der Waals surface area (Å²) in [4.78, 5) is 14.4. The highest BCUT2D eigenvalue weighted by Crippen LogP contribution is 2.23. The molecule has 0 radical (unpaired) electrons. The Morgan fingerprint density at radius 1 is 1.04 bits per heavy atom.